The number of para-hydroxylation sites is 2. The summed E-state index contributed by atoms with van der Waals surface area (Å²) in [4.78, 5) is 11.9. The van der Waals surface area contributed by atoms with Crippen LogP contribution in [0.15, 0.2) is 24.3 Å². The lowest BCUT2D eigenvalue weighted by molar-refractivity contribution is -0.116. The zero-order valence-corrected chi connectivity index (χ0v) is 11.8. The largest absolute Gasteiger partial charge is 0.433 e. The molecule has 0 atom stereocenters. The van der Waals surface area contributed by atoms with Gasteiger partial charge in [0.25, 0.3) is 0 Å². The molecular formula is C15H20F2N2O2. The molecule has 116 valence electrons. The number of piperidine rings is 1. The van der Waals surface area contributed by atoms with Gasteiger partial charge in [0.15, 0.2) is 0 Å². The molecule has 1 aliphatic rings. The van der Waals surface area contributed by atoms with Gasteiger partial charge >= 0.3 is 6.61 Å². The van der Waals surface area contributed by atoms with E-state index in [2.05, 4.69) is 15.4 Å². The van der Waals surface area contributed by atoms with E-state index in [1.54, 1.807) is 18.2 Å². The molecule has 1 saturated heterocycles. The second-order valence-corrected chi connectivity index (χ2v) is 5.15. The lowest BCUT2D eigenvalue weighted by Crippen LogP contribution is -2.28. The molecule has 1 fully saturated rings. The highest BCUT2D eigenvalue weighted by Gasteiger charge is 2.16. The average molecular weight is 298 g/mol. The van der Waals surface area contributed by atoms with Gasteiger partial charge in [0.05, 0.1) is 5.69 Å². The van der Waals surface area contributed by atoms with Crippen LogP contribution in [0.4, 0.5) is 14.5 Å². The monoisotopic (exact) mass is 298 g/mol. The zero-order valence-electron chi connectivity index (χ0n) is 11.8. The summed E-state index contributed by atoms with van der Waals surface area (Å²) in [6.45, 7) is -0.910. The minimum atomic E-state index is -2.90. The summed E-state index contributed by atoms with van der Waals surface area (Å²) in [5.74, 6) is 0.381. The molecule has 0 radical (unpaired) electrons. The molecule has 0 aromatic heterocycles. The highest BCUT2D eigenvalue weighted by molar-refractivity contribution is 5.92. The molecule has 0 unspecified atom stereocenters. The van der Waals surface area contributed by atoms with Crippen LogP contribution < -0.4 is 15.4 Å². The highest BCUT2D eigenvalue weighted by atomic mass is 19.3. The number of hydrogen-bond donors (Lipinski definition) is 2. The van der Waals surface area contributed by atoms with Gasteiger partial charge < -0.3 is 15.4 Å². The number of anilines is 1. The van der Waals surface area contributed by atoms with E-state index in [1.165, 1.54) is 6.07 Å². The summed E-state index contributed by atoms with van der Waals surface area (Å²) < 4.78 is 29.0. The minimum Gasteiger partial charge on any atom is -0.433 e. The van der Waals surface area contributed by atoms with Crippen molar-refractivity contribution in [3.8, 4) is 5.75 Å². The molecule has 2 rings (SSSR count). The van der Waals surface area contributed by atoms with Crippen molar-refractivity contribution in [2.45, 2.75) is 32.3 Å². The van der Waals surface area contributed by atoms with Crippen LogP contribution in [0.25, 0.3) is 0 Å². The van der Waals surface area contributed by atoms with Crippen LogP contribution in [0.2, 0.25) is 0 Å². The van der Waals surface area contributed by atoms with E-state index in [0.717, 1.165) is 32.4 Å². The van der Waals surface area contributed by atoms with Crippen LogP contribution in [0.5, 0.6) is 5.75 Å². The van der Waals surface area contributed by atoms with Gasteiger partial charge in [-0.05, 0) is 50.4 Å². The lowest BCUT2D eigenvalue weighted by Gasteiger charge is -2.22. The maximum Gasteiger partial charge on any atom is 0.387 e. The molecule has 6 heteroatoms. The topological polar surface area (TPSA) is 50.4 Å². The smallest absolute Gasteiger partial charge is 0.387 e. The molecule has 1 aromatic rings. The number of halogens is 2. The van der Waals surface area contributed by atoms with E-state index in [1.807, 2.05) is 0 Å². The first-order valence-corrected chi connectivity index (χ1v) is 7.19. The first-order valence-electron chi connectivity index (χ1n) is 7.19. The van der Waals surface area contributed by atoms with Crippen molar-refractivity contribution in [1.82, 2.24) is 5.32 Å². The van der Waals surface area contributed by atoms with Crippen molar-refractivity contribution < 1.29 is 18.3 Å². The predicted molar refractivity (Wildman–Crippen MR) is 76.5 cm³/mol. The quantitative estimate of drug-likeness (QED) is 0.849. The molecule has 1 aliphatic heterocycles. The Kier molecular flexibility index (Phi) is 5.92. The number of benzene rings is 1. The third-order valence-corrected chi connectivity index (χ3v) is 3.62. The standard InChI is InChI=1S/C15H20F2N2O2/c16-15(17)21-13-4-2-1-3-12(13)19-14(20)6-5-11-7-9-18-10-8-11/h1-4,11,15,18H,5-10H2,(H,19,20). The summed E-state index contributed by atoms with van der Waals surface area (Å²) in [6.07, 6.45) is 3.38. The normalized spacial score (nSPS) is 16.0. The van der Waals surface area contributed by atoms with Crippen LogP contribution in [-0.4, -0.2) is 25.6 Å². The van der Waals surface area contributed by atoms with Gasteiger partial charge in [-0.2, -0.15) is 8.78 Å². The van der Waals surface area contributed by atoms with Crippen molar-refractivity contribution in [3.05, 3.63) is 24.3 Å². The van der Waals surface area contributed by atoms with Gasteiger partial charge in [-0.3, -0.25) is 4.79 Å². The zero-order chi connectivity index (χ0) is 15.1. The van der Waals surface area contributed by atoms with E-state index in [9.17, 15) is 13.6 Å². The van der Waals surface area contributed by atoms with Gasteiger partial charge in [0.1, 0.15) is 5.75 Å². The Morgan fingerprint density at radius 3 is 2.76 bits per heavy atom. The molecule has 0 bridgehead atoms. The highest BCUT2D eigenvalue weighted by Crippen LogP contribution is 2.26. The molecule has 4 nitrogen and oxygen atoms in total. The third-order valence-electron chi connectivity index (χ3n) is 3.62. The molecule has 1 amide bonds. The molecule has 2 N–H and O–H groups in total. The van der Waals surface area contributed by atoms with E-state index >= 15 is 0 Å². The van der Waals surface area contributed by atoms with Gasteiger partial charge in [0.2, 0.25) is 5.91 Å². The Morgan fingerprint density at radius 1 is 1.33 bits per heavy atom. The fourth-order valence-corrected chi connectivity index (χ4v) is 2.49. The Balaban J connectivity index is 1.84. The minimum absolute atomic E-state index is 0.0114. The van der Waals surface area contributed by atoms with Gasteiger partial charge in [0, 0.05) is 6.42 Å². The average Bonchev–Trinajstić information content (AvgIpc) is 2.48. The van der Waals surface area contributed by atoms with Gasteiger partial charge in [-0.25, -0.2) is 0 Å². The fourth-order valence-electron chi connectivity index (χ4n) is 2.49. The maximum atomic E-state index is 12.3. The fraction of sp³-hybridized carbons (Fsp3) is 0.533. The number of amides is 1. The van der Waals surface area contributed by atoms with Crippen molar-refractivity contribution in [2.75, 3.05) is 18.4 Å². The Hall–Kier alpha value is -1.69. The van der Waals surface area contributed by atoms with Crippen molar-refractivity contribution in [2.24, 2.45) is 5.92 Å². The van der Waals surface area contributed by atoms with E-state index in [4.69, 9.17) is 0 Å². The molecule has 0 spiro atoms. The van der Waals surface area contributed by atoms with Gasteiger partial charge in [-0.15, -0.1) is 0 Å². The Labute approximate surface area is 122 Å². The second-order valence-electron chi connectivity index (χ2n) is 5.15. The third kappa shape index (κ3) is 5.30. The summed E-state index contributed by atoms with van der Waals surface area (Å²) in [5, 5.41) is 5.92. The number of carbonyl (C=O) groups is 1. The van der Waals surface area contributed by atoms with Crippen LogP contribution >= 0.6 is 0 Å². The SMILES string of the molecule is O=C(CCC1CCNCC1)Nc1ccccc1OC(F)F. The Morgan fingerprint density at radius 2 is 2.05 bits per heavy atom. The number of nitrogens with one attached hydrogen (secondary N) is 2. The molecule has 1 heterocycles. The molecule has 0 aliphatic carbocycles. The first-order chi connectivity index (χ1) is 10.1. The molecule has 0 saturated carbocycles. The lowest BCUT2D eigenvalue weighted by atomic mass is 9.93. The number of alkyl halides is 2. The number of rotatable bonds is 6. The van der Waals surface area contributed by atoms with Crippen molar-refractivity contribution in [1.29, 1.82) is 0 Å². The van der Waals surface area contributed by atoms with E-state index in [-0.39, 0.29) is 17.3 Å². The summed E-state index contributed by atoms with van der Waals surface area (Å²) >= 11 is 0. The van der Waals surface area contributed by atoms with E-state index in [0.29, 0.717) is 12.3 Å². The first kappa shape index (κ1) is 15.7. The molecule has 21 heavy (non-hydrogen) atoms. The number of ether oxygens (including phenoxy) is 1. The number of carbonyl (C=O) groups excluding carboxylic acids is 1. The second kappa shape index (κ2) is 7.93. The molecular weight excluding hydrogens is 278 g/mol. The maximum absolute atomic E-state index is 12.3. The van der Waals surface area contributed by atoms with Crippen LogP contribution in [0.1, 0.15) is 25.7 Å². The van der Waals surface area contributed by atoms with Crippen molar-refractivity contribution in [3.63, 3.8) is 0 Å². The predicted octanol–water partition coefficient (Wildman–Crippen LogP) is 3.01. The molecule has 1 aromatic carbocycles. The van der Waals surface area contributed by atoms with E-state index < -0.39 is 6.61 Å². The van der Waals surface area contributed by atoms with Crippen LogP contribution in [0.3, 0.4) is 0 Å². The van der Waals surface area contributed by atoms with Crippen LogP contribution in [-0.2, 0) is 4.79 Å². The Bertz CT molecular complexity index is 463. The summed E-state index contributed by atoms with van der Waals surface area (Å²) in [5.41, 5.74) is 0.285. The summed E-state index contributed by atoms with van der Waals surface area (Å²) in [6, 6.07) is 6.22. The number of hydrogen-bond acceptors (Lipinski definition) is 3. The summed E-state index contributed by atoms with van der Waals surface area (Å²) in [7, 11) is 0. The van der Waals surface area contributed by atoms with Crippen LogP contribution in [0, 0.1) is 5.92 Å². The van der Waals surface area contributed by atoms with Crippen molar-refractivity contribution >= 4 is 11.6 Å². The van der Waals surface area contributed by atoms with Gasteiger partial charge in [-0.1, -0.05) is 12.1 Å².